The topological polar surface area (TPSA) is 54.1 Å². The largest absolute Gasteiger partial charge is 0.496 e. The molecule has 124 valence electrons. The Morgan fingerprint density at radius 3 is 2.83 bits per heavy atom. The van der Waals surface area contributed by atoms with Crippen molar-refractivity contribution in [1.29, 1.82) is 0 Å². The van der Waals surface area contributed by atoms with Crippen LogP contribution >= 0.6 is 11.6 Å². The molecule has 0 atom stereocenters. The third-order valence-corrected chi connectivity index (χ3v) is 4.33. The first-order valence-electron chi connectivity index (χ1n) is 7.78. The fourth-order valence-electron chi connectivity index (χ4n) is 2.91. The monoisotopic (exact) mass is 342 g/mol. The van der Waals surface area contributed by atoms with Gasteiger partial charge in [0, 0.05) is 28.2 Å². The molecule has 0 radical (unpaired) electrons. The summed E-state index contributed by atoms with van der Waals surface area (Å²) in [6.45, 7) is 2.59. The summed E-state index contributed by atoms with van der Waals surface area (Å²) in [6.07, 6.45) is 0.754. The van der Waals surface area contributed by atoms with Crippen LogP contribution in [0.4, 0.5) is 0 Å². The predicted molar refractivity (Wildman–Crippen MR) is 97.1 cm³/mol. The van der Waals surface area contributed by atoms with E-state index in [0.717, 1.165) is 17.6 Å². The van der Waals surface area contributed by atoms with Gasteiger partial charge in [-0.3, -0.25) is 4.79 Å². The van der Waals surface area contributed by atoms with E-state index in [-0.39, 0.29) is 5.91 Å². The predicted octanol–water partition coefficient (Wildman–Crippen LogP) is 4.11. The molecule has 0 spiro atoms. The minimum absolute atomic E-state index is 0.188. The van der Waals surface area contributed by atoms with E-state index in [4.69, 9.17) is 16.3 Å². The molecule has 24 heavy (non-hydrogen) atoms. The highest BCUT2D eigenvalue weighted by Gasteiger charge is 2.13. The SMILES string of the molecule is COc1ccc(Cl)cc1C(=O)NCCc1c(C)[nH]c2ccccc12. The standard InChI is InChI=1S/C19H19ClN2O2/c1-12-14(15-5-3-4-6-17(15)22-12)9-10-21-19(23)16-11-13(20)7-8-18(16)24-2/h3-8,11,22H,9-10H2,1-2H3,(H,21,23). The van der Waals surface area contributed by atoms with Gasteiger partial charge >= 0.3 is 0 Å². The highest BCUT2D eigenvalue weighted by molar-refractivity contribution is 6.31. The number of aromatic nitrogens is 1. The summed E-state index contributed by atoms with van der Waals surface area (Å²) in [6, 6.07) is 13.2. The van der Waals surface area contributed by atoms with Crippen LogP contribution in [-0.4, -0.2) is 24.5 Å². The molecule has 0 aliphatic rings. The van der Waals surface area contributed by atoms with Crippen LogP contribution in [0.25, 0.3) is 10.9 Å². The van der Waals surface area contributed by atoms with Gasteiger partial charge in [0.05, 0.1) is 12.7 Å². The number of hydrogen-bond acceptors (Lipinski definition) is 2. The Morgan fingerprint density at radius 1 is 1.25 bits per heavy atom. The lowest BCUT2D eigenvalue weighted by Gasteiger charge is -2.10. The van der Waals surface area contributed by atoms with Crippen molar-refractivity contribution in [3.63, 3.8) is 0 Å². The minimum atomic E-state index is -0.188. The van der Waals surface area contributed by atoms with Crippen LogP contribution in [0.1, 0.15) is 21.6 Å². The Labute approximate surface area is 145 Å². The molecule has 2 aromatic carbocycles. The van der Waals surface area contributed by atoms with Crippen LogP contribution in [0, 0.1) is 6.92 Å². The number of halogens is 1. The first-order valence-corrected chi connectivity index (χ1v) is 8.16. The molecule has 0 aliphatic heterocycles. The number of carbonyl (C=O) groups excluding carboxylic acids is 1. The van der Waals surface area contributed by atoms with Crippen molar-refractivity contribution >= 4 is 28.4 Å². The highest BCUT2D eigenvalue weighted by atomic mass is 35.5. The summed E-state index contributed by atoms with van der Waals surface area (Å²) in [7, 11) is 1.54. The number of hydrogen-bond donors (Lipinski definition) is 2. The molecule has 0 unspecified atom stereocenters. The van der Waals surface area contributed by atoms with Crippen LogP contribution in [0.5, 0.6) is 5.75 Å². The lowest BCUT2D eigenvalue weighted by atomic mass is 10.1. The molecule has 4 nitrogen and oxygen atoms in total. The summed E-state index contributed by atoms with van der Waals surface area (Å²) in [5.41, 5.74) is 3.92. The molecule has 1 amide bonds. The van der Waals surface area contributed by atoms with Crippen LogP contribution in [0.2, 0.25) is 5.02 Å². The molecular formula is C19H19ClN2O2. The summed E-state index contributed by atoms with van der Waals surface area (Å²) < 4.78 is 5.23. The van der Waals surface area contributed by atoms with E-state index in [1.54, 1.807) is 18.2 Å². The first-order chi connectivity index (χ1) is 11.6. The number of aromatic amines is 1. The van der Waals surface area contributed by atoms with E-state index in [2.05, 4.69) is 29.4 Å². The van der Waals surface area contributed by atoms with E-state index in [0.29, 0.717) is 22.9 Å². The van der Waals surface area contributed by atoms with E-state index in [1.165, 1.54) is 18.1 Å². The van der Waals surface area contributed by atoms with Gasteiger partial charge in [-0.05, 0) is 43.2 Å². The molecule has 0 saturated carbocycles. The second-order valence-corrected chi connectivity index (χ2v) is 6.06. The molecule has 0 bridgehead atoms. The Hall–Kier alpha value is -2.46. The number of methoxy groups -OCH3 is 1. The van der Waals surface area contributed by atoms with Gasteiger partial charge in [0.25, 0.3) is 5.91 Å². The fourth-order valence-corrected chi connectivity index (χ4v) is 3.08. The van der Waals surface area contributed by atoms with Gasteiger partial charge in [-0.1, -0.05) is 29.8 Å². The number of nitrogens with one attached hydrogen (secondary N) is 2. The number of benzene rings is 2. The van der Waals surface area contributed by atoms with Gasteiger partial charge in [-0.25, -0.2) is 0 Å². The Balaban J connectivity index is 1.71. The molecular weight excluding hydrogens is 324 g/mol. The summed E-state index contributed by atoms with van der Waals surface area (Å²) in [4.78, 5) is 15.8. The summed E-state index contributed by atoms with van der Waals surface area (Å²) in [5, 5.41) is 4.65. The summed E-state index contributed by atoms with van der Waals surface area (Å²) in [5.74, 6) is 0.326. The molecule has 3 aromatic rings. The number of rotatable bonds is 5. The third kappa shape index (κ3) is 3.24. The van der Waals surface area contributed by atoms with Gasteiger partial charge in [0.1, 0.15) is 5.75 Å². The van der Waals surface area contributed by atoms with Crippen molar-refractivity contribution in [3.05, 3.63) is 64.3 Å². The molecule has 1 aromatic heterocycles. The number of fused-ring (bicyclic) bond motifs is 1. The summed E-state index contributed by atoms with van der Waals surface area (Å²) >= 11 is 5.98. The van der Waals surface area contributed by atoms with E-state index in [1.807, 2.05) is 12.1 Å². The van der Waals surface area contributed by atoms with Gasteiger partial charge < -0.3 is 15.0 Å². The zero-order valence-electron chi connectivity index (χ0n) is 13.7. The normalized spacial score (nSPS) is 10.8. The molecule has 5 heteroatoms. The molecule has 1 heterocycles. The maximum Gasteiger partial charge on any atom is 0.255 e. The van der Waals surface area contributed by atoms with Crippen LogP contribution in [-0.2, 0) is 6.42 Å². The minimum Gasteiger partial charge on any atom is -0.496 e. The molecule has 2 N–H and O–H groups in total. The number of amides is 1. The van der Waals surface area contributed by atoms with Crippen molar-refractivity contribution in [2.75, 3.05) is 13.7 Å². The van der Waals surface area contributed by atoms with Crippen LogP contribution < -0.4 is 10.1 Å². The molecule has 0 saturated heterocycles. The maximum absolute atomic E-state index is 12.4. The zero-order valence-corrected chi connectivity index (χ0v) is 14.4. The van der Waals surface area contributed by atoms with Crippen LogP contribution in [0.3, 0.4) is 0 Å². The second-order valence-electron chi connectivity index (χ2n) is 5.62. The van der Waals surface area contributed by atoms with E-state index in [9.17, 15) is 4.79 Å². The number of para-hydroxylation sites is 1. The maximum atomic E-state index is 12.4. The highest BCUT2D eigenvalue weighted by Crippen LogP contribution is 2.23. The van der Waals surface area contributed by atoms with Crippen molar-refractivity contribution < 1.29 is 9.53 Å². The van der Waals surface area contributed by atoms with Crippen molar-refractivity contribution in [3.8, 4) is 5.75 Å². The molecule has 0 aliphatic carbocycles. The molecule has 0 fully saturated rings. The Morgan fingerprint density at radius 2 is 2.04 bits per heavy atom. The molecule has 3 rings (SSSR count). The van der Waals surface area contributed by atoms with Gasteiger partial charge in [-0.2, -0.15) is 0 Å². The number of carbonyl (C=O) groups is 1. The second kappa shape index (κ2) is 6.97. The van der Waals surface area contributed by atoms with Gasteiger partial charge in [-0.15, -0.1) is 0 Å². The van der Waals surface area contributed by atoms with Crippen molar-refractivity contribution in [1.82, 2.24) is 10.3 Å². The lowest BCUT2D eigenvalue weighted by Crippen LogP contribution is -2.26. The van der Waals surface area contributed by atoms with E-state index >= 15 is 0 Å². The van der Waals surface area contributed by atoms with Gasteiger partial charge in [0.2, 0.25) is 0 Å². The number of ether oxygens (including phenoxy) is 1. The lowest BCUT2D eigenvalue weighted by molar-refractivity contribution is 0.0951. The smallest absolute Gasteiger partial charge is 0.255 e. The van der Waals surface area contributed by atoms with E-state index < -0.39 is 0 Å². The van der Waals surface area contributed by atoms with Crippen LogP contribution in [0.15, 0.2) is 42.5 Å². The van der Waals surface area contributed by atoms with Crippen molar-refractivity contribution in [2.45, 2.75) is 13.3 Å². The fraction of sp³-hybridized carbons (Fsp3) is 0.211. The number of aryl methyl sites for hydroxylation is 1. The quantitative estimate of drug-likeness (QED) is 0.733. The first kappa shape index (κ1) is 16.4. The average molecular weight is 343 g/mol. The Bertz CT molecular complexity index is 886. The average Bonchev–Trinajstić information content (AvgIpc) is 2.90. The zero-order chi connectivity index (χ0) is 17.1. The number of H-pyrrole nitrogens is 1. The van der Waals surface area contributed by atoms with Gasteiger partial charge in [0.15, 0.2) is 0 Å². The van der Waals surface area contributed by atoms with Crippen molar-refractivity contribution in [2.24, 2.45) is 0 Å². The Kier molecular flexibility index (Phi) is 4.76. The third-order valence-electron chi connectivity index (χ3n) is 4.09.